The van der Waals surface area contributed by atoms with E-state index in [1.54, 1.807) is 0 Å². The van der Waals surface area contributed by atoms with Crippen LogP contribution in [0.15, 0.2) is 12.7 Å². The van der Waals surface area contributed by atoms with Gasteiger partial charge < -0.3 is 10.3 Å². The first-order valence-electron chi connectivity index (χ1n) is 3.95. The number of alkyl halides is 3. The lowest BCUT2D eigenvalue weighted by Crippen LogP contribution is -2.17. The summed E-state index contributed by atoms with van der Waals surface area (Å²) in [6.07, 6.45) is -2.16. The number of nitrogen functional groups attached to an aromatic ring is 1. The predicted octanol–water partition coefficient (Wildman–Crippen LogP) is 0.971. The molecular weight excluding hydrogens is 211 g/mol. The summed E-state index contributed by atoms with van der Waals surface area (Å²) in [6.45, 7) is -1.14. The molecule has 2 rings (SSSR count). The van der Waals surface area contributed by atoms with Crippen molar-refractivity contribution in [3.05, 3.63) is 12.7 Å². The van der Waals surface area contributed by atoms with Crippen LogP contribution in [0.2, 0.25) is 0 Å². The van der Waals surface area contributed by atoms with Gasteiger partial charge in [-0.2, -0.15) is 13.2 Å². The minimum atomic E-state index is -4.31. The van der Waals surface area contributed by atoms with Gasteiger partial charge in [0.15, 0.2) is 11.5 Å². The Balaban J connectivity index is 2.50. The molecule has 0 aliphatic heterocycles. The van der Waals surface area contributed by atoms with Gasteiger partial charge in [-0.15, -0.1) is 0 Å². The summed E-state index contributed by atoms with van der Waals surface area (Å²) in [5.74, 6) is 0.0703. The average molecular weight is 217 g/mol. The highest BCUT2D eigenvalue weighted by molar-refractivity contribution is 5.81. The average Bonchev–Trinajstić information content (AvgIpc) is 2.48. The van der Waals surface area contributed by atoms with Gasteiger partial charge in [0.05, 0.1) is 6.33 Å². The van der Waals surface area contributed by atoms with Gasteiger partial charge in [-0.05, 0) is 0 Å². The molecule has 5 nitrogen and oxygen atoms in total. The molecule has 0 fully saturated rings. The summed E-state index contributed by atoms with van der Waals surface area (Å²) in [5.41, 5.74) is 5.69. The standard InChI is InChI=1S/C7H6F3N5/c8-7(9,10)1-15-3-14-4-5(11)12-2-13-6(4)15/h2-3H,1H2,(H2,11,12,13). The van der Waals surface area contributed by atoms with Gasteiger partial charge in [-0.25, -0.2) is 15.0 Å². The Morgan fingerprint density at radius 1 is 1.27 bits per heavy atom. The number of nitrogens with two attached hydrogens (primary N) is 1. The van der Waals surface area contributed by atoms with Gasteiger partial charge in [-0.3, -0.25) is 0 Å². The molecule has 8 heteroatoms. The van der Waals surface area contributed by atoms with Gasteiger partial charge in [0.25, 0.3) is 0 Å². The third-order valence-corrected chi connectivity index (χ3v) is 1.78. The van der Waals surface area contributed by atoms with Crippen molar-refractivity contribution in [2.45, 2.75) is 12.7 Å². The second-order valence-electron chi connectivity index (χ2n) is 2.92. The van der Waals surface area contributed by atoms with Crippen LogP contribution in [0.1, 0.15) is 0 Å². The lowest BCUT2D eigenvalue weighted by Gasteiger charge is -2.06. The lowest BCUT2D eigenvalue weighted by molar-refractivity contribution is -0.140. The number of anilines is 1. The predicted molar refractivity (Wildman–Crippen MR) is 45.8 cm³/mol. The molecule has 0 aliphatic carbocycles. The number of fused-ring (bicyclic) bond motifs is 1. The van der Waals surface area contributed by atoms with E-state index >= 15 is 0 Å². The second kappa shape index (κ2) is 3.07. The van der Waals surface area contributed by atoms with Gasteiger partial charge in [0, 0.05) is 0 Å². The highest BCUT2D eigenvalue weighted by atomic mass is 19.4. The Morgan fingerprint density at radius 2 is 2.00 bits per heavy atom. The zero-order valence-corrected chi connectivity index (χ0v) is 7.36. The number of imidazole rings is 1. The smallest absolute Gasteiger partial charge is 0.382 e. The third-order valence-electron chi connectivity index (χ3n) is 1.78. The van der Waals surface area contributed by atoms with Crippen LogP contribution in [0.3, 0.4) is 0 Å². The fourth-order valence-electron chi connectivity index (χ4n) is 1.21. The SMILES string of the molecule is Nc1ncnc2c1ncn2CC(F)(F)F. The maximum Gasteiger partial charge on any atom is 0.406 e. The van der Waals surface area contributed by atoms with E-state index in [0.29, 0.717) is 0 Å². The van der Waals surface area contributed by atoms with E-state index in [1.807, 2.05) is 0 Å². The maximum atomic E-state index is 12.1. The first kappa shape index (κ1) is 9.69. The molecule has 0 saturated heterocycles. The van der Waals surface area contributed by atoms with E-state index in [-0.39, 0.29) is 17.0 Å². The molecular formula is C7H6F3N5. The number of hydrogen-bond acceptors (Lipinski definition) is 4. The van der Waals surface area contributed by atoms with Crippen LogP contribution in [-0.2, 0) is 6.54 Å². The van der Waals surface area contributed by atoms with Crippen molar-refractivity contribution in [3.63, 3.8) is 0 Å². The summed E-state index contributed by atoms with van der Waals surface area (Å²) in [4.78, 5) is 11.0. The fourth-order valence-corrected chi connectivity index (χ4v) is 1.21. The Kier molecular flexibility index (Phi) is 1.98. The molecule has 0 bridgehead atoms. The molecule has 2 aromatic heterocycles. The van der Waals surface area contributed by atoms with Gasteiger partial charge in [0.2, 0.25) is 0 Å². The molecule has 2 heterocycles. The summed E-state index contributed by atoms with van der Waals surface area (Å²) < 4.78 is 37.3. The third kappa shape index (κ3) is 1.83. The van der Waals surface area contributed by atoms with E-state index in [4.69, 9.17) is 5.73 Å². The monoisotopic (exact) mass is 217 g/mol. The van der Waals surface area contributed by atoms with Gasteiger partial charge in [-0.1, -0.05) is 0 Å². The molecule has 0 aromatic carbocycles. The highest BCUT2D eigenvalue weighted by Crippen LogP contribution is 2.21. The summed E-state index contributed by atoms with van der Waals surface area (Å²) in [7, 11) is 0. The Bertz CT molecular complexity index is 489. The molecule has 2 aromatic rings. The Morgan fingerprint density at radius 3 is 2.67 bits per heavy atom. The van der Waals surface area contributed by atoms with E-state index in [9.17, 15) is 13.2 Å². The van der Waals surface area contributed by atoms with Gasteiger partial charge >= 0.3 is 6.18 Å². The maximum absolute atomic E-state index is 12.1. The number of hydrogen-bond donors (Lipinski definition) is 1. The Hall–Kier alpha value is -1.86. The summed E-state index contributed by atoms with van der Waals surface area (Å²) in [6, 6.07) is 0. The van der Waals surface area contributed by atoms with Crippen LogP contribution in [0, 0.1) is 0 Å². The summed E-state index contributed by atoms with van der Waals surface area (Å²) in [5, 5.41) is 0. The largest absolute Gasteiger partial charge is 0.406 e. The number of aromatic nitrogens is 4. The van der Waals surface area contributed by atoms with Crippen molar-refractivity contribution in [1.82, 2.24) is 19.5 Å². The van der Waals surface area contributed by atoms with Gasteiger partial charge in [0.1, 0.15) is 18.4 Å². The minimum Gasteiger partial charge on any atom is -0.382 e. The zero-order chi connectivity index (χ0) is 11.1. The van der Waals surface area contributed by atoms with Crippen molar-refractivity contribution < 1.29 is 13.2 Å². The molecule has 2 N–H and O–H groups in total. The second-order valence-corrected chi connectivity index (χ2v) is 2.92. The molecule has 0 radical (unpaired) electrons. The van der Waals surface area contributed by atoms with E-state index in [2.05, 4.69) is 15.0 Å². The topological polar surface area (TPSA) is 69.6 Å². The quantitative estimate of drug-likeness (QED) is 0.772. The van der Waals surface area contributed by atoms with Crippen molar-refractivity contribution in [3.8, 4) is 0 Å². The van der Waals surface area contributed by atoms with Crippen LogP contribution >= 0.6 is 0 Å². The normalized spacial score (nSPS) is 12.2. The molecule has 80 valence electrons. The number of rotatable bonds is 1. The minimum absolute atomic E-state index is 0.0703. The number of nitrogens with zero attached hydrogens (tertiary/aromatic N) is 4. The first-order chi connectivity index (χ1) is 6.97. The van der Waals surface area contributed by atoms with E-state index in [1.165, 1.54) is 0 Å². The van der Waals surface area contributed by atoms with Crippen LogP contribution in [0.25, 0.3) is 11.2 Å². The molecule has 0 spiro atoms. The van der Waals surface area contributed by atoms with Crippen LogP contribution in [0.4, 0.5) is 19.0 Å². The molecule has 15 heavy (non-hydrogen) atoms. The molecule has 0 saturated carbocycles. The lowest BCUT2D eigenvalue weighted by atomic mass is 10.5. The van der Waals surface area contributed by atoms with Crippen molar-refractivity contribution in [2.75, 3.05) is 5.73 Å². The zero-order valence-electron chi connectivity index (χ0n) is 7.36. The molecule has 0 unspecified atom stereocenters. The highest BCUT2D eigenvalue weighted by Gasteiger charge is 2.29. The molecule has 0 amide bonds. The van der Waals surface area contributed by atoms with Crippen LogP contribution in [-0.4, -0.2) is 25.7 Å². The fraction of sp³-hybridized carbons (Fsp3) is 0.286. The van der Waals surface area contributed by atoms with Crippen molar-refractivity contribution in [1.29, 1.82) is 0 Å². The first-order valence-corrected chi connectivity index (χ1v) is 3.95. The van der Waals surface area contributed by atoms with E-state index < -0.39 is 12.7 Å². The molecule has 0 aliphatic rings. The Labute approximate surface area is 81.8 Å². The summed E-state index contributed by atoms with van der Waals surface area (Å²) >= 11 is 0. The van der Waals surface area contributed by atoms with E-state index in [0.717, 1.165) is 17.2 Å². The van der Waals surface area contributed by atoms with Crippen LogP contribution in [0.5, 0.6) is 0 Å². The van der Waals surface area contributed by atoms with Crippen molar-refractivity contribution >= 4 is 17.0 Å². The number of halogens is 3. The van der Waals surface area contributed by atoms with Crippen LogP contribution < -0.4 is 5.73 Å². The molecule has 0 atom stereocenters. The van der Waals surface area contributed by atoms with Crippen molar-refractivity contribution in [2.24, 2.45) is 0 Å².